The molecule has 0 bridgehead atoms. The van der Waals surface area contributed by atoms with Gasteiger partial charge in [0, 0.05) is 6.07 Å². The number of halogens is 1. The molecule has 0 radical (unpaired) electrons. The fraction of sp³-hybridized carbons (Fsp3) is 0.682. The van der Waals surface area contributed by atoms with Crippen molar-refractivity contribution in [1.29, 1.82) is 0 Å². The van der Waals surface area contributed by atoms with Crippen LogP contribution in [0.3, 0.4) is 0 Å². The Balaban J connectivity index is 1.43. The Morgan fingerprint density at radius 1 is 1.04 bits per heavy atom. The van der Waals surface area contributed by atoms with Crippen LogP contribution in [0.15, 0.2) is 24.3 Å². The molecule has 2 fully saturated rings. The second-order valence-electron chi connectivity index (χ2n) is 8.06. The molecule has 3 heteroatoms. The van der Waals surface area contributed by atoms with E-state index in [0.29, 0.717) is 5.75 Å². The topological polar surface area (TPSA) is 26.3 Å². The Labute approximate surface area is 151 Å². The average Bonchev–Trinajstić information content (AvgIpc) is 2.63. The molecule has 2 saturated carbocycles. The largest absolute Gasteiger partial charge is 0.426 e. The van der Waals surface area contributed by atoms with E-state index < -0.39 is 0 Å². The first-order chi connectivity index (χ1) is 12.2. The summed E-state index contributed by atoms with van der Waals surface area (Å²) in [7, 11) is 0. The zero-order valence-corrected chi connectivity index (χ0v) is 15.4. The van der Waals surface area contributed by atoms with Gasteiger partial charge < -0.3 is 4.74 Å². The molecule has 2 aliphatic carbocycles. The van der Waals surface area contributed by atoms with Crippen LogP contribution >= 0.6 is 0 Å². The maximum atomic E-state index is 13.2. The van der Waals surface area contributed by atoms with Crippen LogP contribution in [0.2, 0.25) is 0 Å². The van der Waals surface area contributed by atoms with Crippen molar-refractivity contribution in [2.45, 2.75) is 71.1 Å². The van der Waals surface area contributed by atoms with Crippen LogP contribution in [-0.2, 0) is 4.79 Å². The quantitative estimate of drug-likeness (QED) is 0.472. The van der Waals surface area contributed by atoms with Gasteiger partial charge in [-0.15, -0.1) is 0 Å². The van der Waals surface area contributed by atoms with Crippen LogP contribution < -0.4 is 4.74 Å². The lowest BCUT2D eigenvalue weighted by atomic mass is 9.69. The number of esters is 1. The minimum absolute atomic E-state index is 0.0176. The standard InChI is InChI=1S/C22H31FO2/c1-2-4-16-7-9-17(10-8-16)18-11-13-19(14-12-18)22(24)25-21-6-3-5-20(23)15-21/h3,5-6,15-19H,2,4,7-14H2,1H3. The van der Waals surface area contributed by atoms with Crippen molar-refractivity contribution >= 4 is 5.97 Å². The van der Waals surface area contributed by atoms with Crippen LogP contribution in [0.25, 0.3) is 0 Å². The van der Waals surface area contributed by atoms with Crippen molar-refractivity contribution < 1.29 is 13.9 Å². The molecule has 0 saturated heterocycles. The van der Waals surface area contributed by atoms with Crippen molar-refractivity contribution in [3.63, 3.8) is 0 Å². The van der Waals surface area contributed by atoms with Gasteiger partial charge in [-0.25, -0.2) is 4.39 Å². The molecule has 25 heavy (non-hydrogen) atoms. The minimum Gasteiger partial charge on any atom is -0.426 e. The molecule has 1 aromatic carbocycles. The van der Waals surface area contributed by atoms with E-state index in [4.69, 9.17) is 4.74 Å². The number of hydrogen-bond acceptors (Lipinski definition) is 2. The van der Waals surface area contributed by atoms with Gasteiger partial charge >= 0.3 is 5.97 Å². The highest BCUT2D eigenvalue weighted by molar-refractivity contribution is 5.75. The lowest BCUT2D eigenvalue weighted by molar-refractivity contribution is -0.140. The van der Waals surface area contributed by atoms with Gasteiger partial charge in [-0.05, 0) is 68.4 Å². The summed E-state index contributed by atoms with van der Waals surface area (Å²) in [5.74, 6) is 2.37. The molecule has 0 aliphatic heterocycles. The SMILES string of the molecule is CCCC1CCC(C2CCC(C(=O)Oc3cccc(F)c3)CC2)CC1. The molecular weight excluding hydrogens is 315 g/mol. The Bertz CT molecular complexity index is 555. The fourth-order valence-electron chi connectivity index (χ4n) is 4.91. The second kappa shape index (κ2) is 8.82. The summed E-state index contributed by atoms with van der Waals surface area (Å²) >= 11 is 0. The summed E-state index contributed by atoms with van der Waals surface area (Å²) in [6, 6.07) is 5.85. The number of hydrogen-bond donors (Lipinski definition) is 0. The number of ether oxygens (including phenoxy) is 1. The molecule has 0 heterocycles. The van der Waals surface area contributed by atoms with Crippen molar-refractivity contribution in [2.75, 3.05) is 0 Å². The van der Waals surface area contributed by atoms with Crippen LogP contribution in [0, 0.1) is 29.5 Å². The molecule has 0 aromatic heterocycles. The lowest BCUT2D eigenvalue weighted by Crippen LogP contribution is -2.30. The molecule has 138 valence electrons. The first-order valence-electron chi connectivity index (χ1n) is 10.1. The van der Waals surface area contributed by atoms with Gasteiger partial charge in [0.25, 0.3) is 0 Å². The van der Waals surface area contributed by atoms with Gasteiger partial charge in [-0.3, -0.25) is 4.79 Å². The molecule has 0 N–H and O–H groups in total. The first-order valence-corrected chi connectivity index (χ1v) is 10.1. The van der Waals surface area contributed by atoms with Crippen molar-refractivity contribution in [3.8, 4) is 5.75 Å². The summed E-state index contributed by atoms with van der Waals surface area (Å²) in [6.07, 6.45) is 12.4. The molecule has 0 atom stereocenters. The van der Waals surface area contributed by atoms with Gasteiger partial charge in [0.15, 0.2) is 0 Å². The van der Waals surface area contributed by atoms with Crippen LogP contribution in [0.5, 0.6) is 5.75 Å². The van der Waals surface area contributed by atoms with E-state index in [2.05, 4.69) is 6.92 Å². The second-order valence-corrected chi connectivity index (χ2v) is 8.06. The Morgan fingerprint density at radius 2 is 1.68 bits per heavy atom. The van der Waals surface area contributed by atoms with E-state index in [0.717, 1.165) is 43.4 Å². The molecular formula is C22H31FO2. The average molecular weight is 346 g/mol. The molecule has 3 rings (SSSR count). The summed E-state index contributed by atoms with van der Waals surface area (Å²) in [5, 5.41) is 0. The molecule has 2 aliphatic rings. The zero-order valence-electron chi connectivity index (χ0n) is 15.4. The van der Waals surface area contributed by atoms with E-state index in [1.54, 1.807) is 12.1 Å². The zero-order chi connectivity index (χ0) is 17.6. The molecule has 0 amide bonds. The van der Waals surface area contributed by atoms with E-state index in [1.165, 1.54) is 50.7 Å². The smallest absolute Gasteiger partial charge is 0.314 e. The van der Waals surface area contributed by atoms with Gasteiger partial charge in [-0.2, -0.15) is 0 Å². The predicted octanol–water partition coefficient (Wildman–Crippen LogP) is 6.14. The Morgan fingerprint density at radius 3 is 2.28 bits per heavy atom. The highest BCUT2D eigenvalue weighted by atomic mass is 19.1. The summed E-state index contributed by atoms with van der Waals surface area (Å²) in [5.41, 5.74) is 0. The van der Waals surface area contributed by atoms with Crippen LogP contribution in [0.4, 0.5) is 4.39 Å². The number of carbonyl (C=O) groups is 1. The fourth-order valence-corrected chi connectivity index (χ4v) is 4.91. The van der Waals surface area contributed by atoms with Crippen molar-refractivity contribution in [2.24, 2.45) is 23.7 Å². The van der Waals surface area contributed by atoms with E-state index in [-0.39, 0.29) is 17.7 Å². The molecule has 2 nitrogen and oxygen atoms in total. The molecule has 0 unspecified atom stereocenters. The highest BCUT2D eigenvalue weighted by Gasteiger charge is 2.33. The third-order valence-corrected chi connectivity index (χ3v) is 6.37. The number of benzene rings is 1. The van der Waals surface area contributed by atoms with Crippen LogP contribution in [0.1, 0.15) is 71.1 Å². The minimum atomic E-state index is -0.368. The summed E-state index contributed by atoms with van der Waals surface area (Å²) in [6.45, 7) is 2.29. The van der Waals surface area contributed by atoms with Gasteiger partial charge in [0.1, 0.15) is 11.6 Å². The van der Waals surface area contributed by atoms with E-state index in [9.17, 15) is 9.18 Å². The maximum absolute atomic E-state index is 13.2. The van der Waals surface area contributed by atoms with Crippen LogP contribution in [-0.4, -0.2) is 5.97 Å². The normalized spacial score (nSPS) is 30.0. The van der Waals surface area contributed by atoms with Crippen molar-refractivity contribution in [3.05, 3.63) is 30.1 Å². The third-order valence-electron chi connectivity index (χ3n) is 6.37. The Hall–Kier alpha value is -1.38. The third kappa shape index (κ3) is 5.05. The molecule has 0 spiro atoms. The van der Waals surface area contributed by atoms with Gasteiger partial charge in [0.2, 0.25) is 0 Å². The first kappa shape index (κ1) is 18.4. The summed E-state index contributed by atoms with van der Waals surface area (Å²) in [4.78, 5) is 12.3. The molecule has 1 aromatic rings. The van der Waals surface area contributed by atoms with Gasteiger partial charge in [-0.1, -0.05) is 38.7 Å². The van der Waals surface area contributed by atoms with Gasteiger partial charge in [0.05, 0.1) is 5.92 Å². The monoisotopic (exact) mass is 346 g/mol. The summed E-state index contributed by atoms with van der Waals surface area (Å²) < 4.78 is 18.6. The van der Waals surface area contributed by atoms with E-state index in [1.807, 2.05) is 0 Å². The van der Waals surface area contributed by atoms with E-state index >= 15 is 0 Å². The Kier molecular flexibility index (Phi) is 6.50. The predicted molar refractivity (Wildman–Crippen MR) is 97.8 cm³/mol. The maximum Gasteiger partial charge on any atom is 0.314 e. The highest BCUT2D eigenvalue weighted by Crippen LogP contribution is 2.42. The lowest BCUT2D eigenvalue weighted by Gasteiger charge is -2.37. The van der Waals surface area contributed by atoms with Crippen molar-refractivity contribution in [1.82, 2.24) is 0 Å². The number of carbonyl (C=O) groups excluding carboxylic acids is 1. The number of rotatable bonds is 5.